The van der Waals surface area contributed by atoms with Crippen LogP contribution in [0.5, 0.6) is 0 Å². The van der Waals surface area contributed by atoms with E-state index in [1.165, 1.54) is 77.0 Å². The molecule has 1 fully saturated rings. The average molecular weight is 353 g/mol. The molecule has 0 spiro atoms. The first-order chi connectivity index (χ1) is 12.1. The van der Waals surface area contributed by atoms with Gasteiger partial charge in [0.1, 0.15) is 5.54 Å². The largest absolute Gasteiger partial charge is 0.323 e. The SMILES string of the molecule is CCCCCCCCCCCCCCCCC1(CC)NC(=O)NC1=O. The maximum absolute atomic E-state index is 11.9. The monoisotopic (exact) mass is 352 g/mol. The van der Waals surface area contributed by atoms with Crippen molar-refractivity contribution >= 4 is 11.9 Å². The van der Waals surface area contributed by atoms with Crippen LogP contribution >= 0.6 is 0 Å². The van der Waals surface area contributed by atoms with E-state index < -0.39 is 5.54 Å². The lowest BCUT2D eigenvalue weighted by Crippen LogP contribution is -2.46. The third-order valence-electron chi connectivity index (χ3n) is 5.58. The van der Waals surface area contributed by atoms with Crippen molar-refractivity contribution < 1.29 is 9.59 Å². The van der Waals surface area contributed by atoms with Gasteiger partial charge in [0, 0.05) is 0 Å². The van der Waals surface area contributed by atoms with Gasteiger partial charge in [-0.05, 0) is 12.8 Å². The molecule has 3 amide bonds. The Hall–Kier alpha value is -1.06. The topological polar surface area (TPSA) is 58.2 Å². The highest BCUT2D eigenvalue weighted by Crippen LogP contribution is 2.23. The zero-order valence-corrected chi connectivity index (χ0v) is 16.6. The van der Waals surface area contributed by atoms with E-state index >= 15 is 0 Å². The summed E-state index contributed by atoms with van der Waals surface area (Å²) in [4.78, 5) is 23.2. The molecule has 1 unspecified atom stereocenters. The fourth-order valence-electron chi connectivity index (χ4n) is 3.75. The molecule has 0 bridgehead atoms. The number of rotatable bonds is 16. The Balaban J connectivity index is 1.89. The number of hydrogen-bond acceptors (Lipinski definition) is 2. The Labute approximate surface area is 154 Å². The van der Waals surface area contributed by atoms with E-state index in [2.05, 4.69) is 17.6 Å². The van der Waals surface area contributed by atoms with Crippen molar-refractivity contribution in [2.24, 2.45) is 0 Å². The molecule has 4 heteroatoms. The summed E-state index contributed by atoms with van der Waals surface area (Å²) < 4.78 is 0. The fourth-order valence-corrected chi connectivity index (χ4v) is 3.75. The first-order valence-corrected chi connectivity index (χ1v) is 10.8. The van der Waals surface area contributed by atoms with Gasteiger partial charge in [0.2, 0.25) is 0 Å². The molecule has 0 saturated carbocycles. The van der Waals surface area contributed by atoms with E-state index in [4.69, 9.17) is 0 Å². The van der Waals surface area contributed by atoms with Crippen LogP contribution in [0.15, 0.2) is 0 Å². The van der Waals surface area contributed by atoms with Gasteiger partial charge in [-0.3, -0.25) is 10.1 Å². The zero-order valence-electron chi connectivity index (χ0n) is 16.6. The number of urea groups is 1. The van der Waals surface area contributed by atoms with E-state index in [1.807, 2.05) is 6.92 Å². The molecule has 2 N–H and O–H groups in total. The highest BCUT2D eigenvalue weighted by Gasteiger charge is 2.43. The van der Waals surface area contributed by atoms with E-state index in [0.717, 1.165) is 19.3 Å². The number of nitrogens with one attached hydrogen (secondary N) is 2. The number of hydrogen-bond donors (Lipinski definition) is 2. The van der Waals surface area contributed by atoms with Crippen LogP contribution in [0.3, 0.4) is 0 Å². The van der Waals surface area contributed by atoms with Crippen LogP contribution in [-0.4, -0.2) is 17.5 Å². The van der Waals surface area contributed by atoms with Crippen LogP contribution in [0.4, 0.5) is 4.79 Å². The van der Waals surface area contributed by atoms with Gasteiger partial charge in [-0.25, -0.2) is 4.79 Å². The minimum absolute atomic E-state index is 0.144. The molecule has 146 valence electrons. The lowest BCUT2D eigenvalue weighted by molar-refractivity contribution is -0.124. The summed E-state index contributed by atoms with van der Waals surface area (Å²) in [5.74, 6) is -0.144. The normalized spacial score (nSPS) is 19.9. The highest BCUT2D eigenvalue weighted by molar-refractivity contribution is 6.06. The minimum Gasteiger partial charge on any atom is -0.323 e. The molecular weight excluding hydrogens is 312 g/mol. The third-order valence-corrected chi connectivity index (χ3v) is 5.58. The van der Waals surface area contributed by atoms with E-state index in [9.17, 15) is 9.59 Å². The smallest absolute Gasteiger partial charge is 0.322 e. The van der Waals surface area contributed by atoms with E-state index in [0.29, 0.717) is 6.42 Å². The van der Waals surface area contributed by atoms with Crippen LogP contribution in [-0.2, 0) is 4.79 Å². The first-order valence-electron chi connectivity index (χ1n) is 10.8. The predicted octanol–water partition coefficient (Wildman–Crippen LogP) is 5.85. The summed E-state index contributed by atoms with van der Waals surface area (Å²) in [6.45, 7) is 4.24. The molecule has 1 atom stereocenters. The highest BCUT2D eigenvalue weighted by atomic mass is 16.2. The number of imide groups is 1. The average Bonchev–Trinajstić information content (AvgIpc) is 2.89. The molecule has 1 rings (SSSR count). The van der Waals surface area contributed by atoms with Gasteiger partial charge >= 0.3 is 6.03 Å². The summed E-state index contributed by atoms with van der Waals surface area (Å²) in [5.41, 5.74) is -0.645. The molecule has 0 radical (unpaired) electrons. The van der Waals surface area contributed by atoms with Crippen LogP contribution < -0.4 is 10.6 Å². The van der Waals surface area contributed by atoms with Gasteiger partial charge in [0.15, 0.2) is 0 Å². The van der Waals surface area contributed by atoms with Gasteiger partial charge in [-0.15, -0.1) is 0 Å². The van der Waals surface area contributed by atoms with Crippen molar-refractivity contribution in [2.75, 3.05) is 0 Å². The number of amides is 3. The van der Waals surface area contributed by atoms with E-state index in [1.54, 1.807) is 0 Å². The van der Waals surface area contributed by atoms with Gasteiger partial charge in [-0.1, -0.05) is 104 Å². The number of unbranched alkanes of at least 4 members (excludes halogenated alkanes) is 13. The molecule has 0 aliphatic carbocycles. The lowest BCUT2D eigenvalue weighted by atomic mass is 9.89. The molecule has 25 heavy (non-hydrogen) atoms. The molecule has 1 aliphatic heterocycles. The minimum atomic E-state index is -0.645. The molecule has 0 aromatic rings. The Morgan fingerprint density at radius 3 is 1.48 bits per heavy atom. The maximum Gasteiger partial charge on any atom is 0.322 e. The lowest BCUT2D eigenvalue weighted by Gasteiger charge is -2.24. The molecular formula is C21H40N2O2. The number of carbonyl (C=O) groups is 2. The Morgan fingerprint density at radius 2 is 1.12 bits per heavy atom. The summed E-state index contributed by atoms with van der Waals surface area (Å²) >= 11 is 0. The summed E-state index contributed by atoms with van der Waals surface area (Å²) in [7, 11) is 0. The van der Waals surface area contributed by atoms with Crippen molar-refractivity contribution in [3.8, 4) is 0 Å². The predicted molar refractivity (Wildman–Crippen MR) is 105 cm³/mol. The summed E-state index contributed by atoms with van der Waals surface area (Å²) in [6, 6.07) is -0.336. The standard InChI is InChI=1S/C21H40N2O2/c1-3-5-6-7-8-9-10-11-12-13-14-15-16-17-18-21(4-2)19(24)22-20(25)23-21/h3-18H2,1-2H3,(H2,22,23,24,25). The van der Waals surface area contributed by atoms with Gasteiger partial charge in [0.05, 0.1) is 0 Å². The van der Waals surface area contributed by atoms with Gasteiger partial charge in [0.25, 0.3) is 5.91 Å². The molecule has 0 aromatic heterocycles. The third kappa shape index (κ3) is 8.73. The first kappa shape index (κ1) is 22.0. The molecule has 4 nitrogen and oxygen atoms in total. The quantitative estimate of drug-likeness (QED) is 0.270. The summed E-state index contributed by atoms with van der Waals surface area (Å²) in [5, 5.41) is 5.18. The van der Waals surface area contributed by atoms with E-state index in [-0.39, 0.29) is 11.9 Å². The molecule has 1 aliphatic rings. The van der Waals surface area contributed by atoms with Crippen molar-refractivity contribution in [3.63, 3.8) is 0 Å². The zero-order chi connectivity index (χ0) is 18.4. The fraction of sp³-hybridized carbons (Fsp3) is 0.905. The second-order valence-electron chi connectivity index (χ2n) is 7.69. The van der Waals surface area contributed by atoms with Gasteiger partial charge in [-0.2, -0.15) is 0 Å². The van der Waals surface area contributed by atoms with Crippen LogP contribution in [0.25, 0.3) is 0 Å². The Bertz CT molecular complexity index is 384. The van der Waals surface area contributed by atoms with Crippen molar-refractivity contribution in [1.82, 2.24) is 10.6 Å². The number of carbonyl (C=O) groups excluding carboxylic acids is 2. The van der Waals surface area contributed by atoms with Crippen molar-refractivity contribution in [3.05, 3.63) is 0 Å². The van der Waals surface area contributed by atoms with Gasteiger partial charge < -0.3 is 5.32 Å². The van der Waals surface area contributed by atoms with Crippen LogP contribution in [0.1, 0.15) is 117 Å². The maximum atomic E-state index is 11.9. The van der Waals surface area contributed by atoms with Crippen LogP contribution in [0.2, 0.25) is 0 Å². The second kappa shape index (κ2) is 13.2. The van der Waals surface area contributed by atoms with Crippen molar-refractivity contribution in [1.29, 1.82) is 0 Å². The Morgan fingerprint density at radius 1 is 0.680 bits per heavy atom. The summed E-state index contributed by atoms with van der Waals surface area (Å²) in [6.07, 6.45) is 20.0. The molecule has 1 saturated heterocycles. The Kier molecular flexibility index (Phi) is 11.6. The molecule has 1 heterocycles. The molecule has 0 aromatic carbocycles. The van der Waals surface area contributed by atoms with Crippen molar-refractivity contribution in [2.45, 2.75) is 122 Å². The van der Waals surface area contributed by atoms with Crippen LogP contribution in [0, 0.1) is 0 Å². The second-order valence-corrected chi connectivity index (χ2v) is 7.69.